The van der Waals surface area contributed by atoms with Gasteiger partial charge in [0, 0.05) is 12.5 Å². The summed E-state index contributed by atoms with van der Waals surface area (Å²) in [4.78, 5) is 22.7. The summed E-state index contributed by atoms with van der Waals surface area (Å²) in [5, 5.41) is 11.9. The lowest BCUT2D eigenvalue weighted by Crippen LogP contribution is -2.34. The molecule has 1 amide bonds. The number of carbonyl (C=O) groups is 2. The quantitative estimate of drug-likeness (QED) is 0.654. The zero-order chi connectivity index (χ0) is 14.5. The summed E-state index contributed by atoms with van der Waals surface area (Å²) in [6, 6.07) is 0.0335. The molecule has 5 nitrogen and oxygen atoms in total. The lowest BCUT2D eigenvalue weighted by Gasteiger charge is -2.23. The first-order valence-corrected chi connectivity index (χ1v) is 7.06. The van der Waals surface area contributed by atoms with Crippen molar-refractivity contribution >= 4 is 11.9 Å². The third kappa shape index (κ3) is 5.59. The summed E-state index contributed by atoms with van der Waals surface area (Å²) in [6.45, 7) is 4.86. The molecule has 19 heavy (non-hydrogen) atoms. The third-order valence-electron chi connectivity index (χ3n) is 4.00. The number of aliphatic carboxylic acids is 1. The van der Waals surface area contributed by atoms with Gasteiger partial charge in [-0.2, -0.15) is 0 Å². The Morgan fingerprint density at radius 2 is 2.00 bits per heavy atom. The van der Waals surface area contributed by atoms with E-state index >= 15 is 0 Å². The van der Waals surface area contributed by atoms with Gasteiger partial charge in [-0.15, -0.1) is 0 Å². The summed E-state index contributed by atoms with van der Waals surface area (Å²) in [6.07, 6.45) is 4.21. The van der Waals surface area contributed by atoms with Crippen LogP contribution in [0.2, 0.25) is 0 Å². The second-order valence-corrected chi connectivity index (χ2v) is 6.32. The molecule has 2 atom stereocenters. The van der Waals surface area contributed by atoms with Crippen molar-refractivity contribution < 1.29 is 14.7 Å². The molecule has 0 bridgehead atoms. The molecule has 1 saturated carbocycles. The highest BCUT2D eigenvalue weighted by atomic mass is 16.4. The van der Waals surface area contributed by atoms with Gasteiger partial charge in [0.05, 0.1) is 5.92 Å². The molecule has 0 aromatic carbocycles. The molecule has 0 radical (unpaired) electrons. The Bertz CT molecular complexity index is 329. The van der Waals surface area contributed by atoms with Gasteiger partial charge in [-0.05, 0) is 44.1 Å². The predicted molar refractivity (Wildman–Crippen MR) is 73.6 cm³/mol. The molecular weight excluding hydrogens is 244 g/mol. The Morgan fingerprint density at radius 3 is 2.53 bits per heavy atom. The van der Waals surface area contributed by atoms with Crippen molar-refractivity contribution in [3.05, 3.63) is 0 Å². The number of rotatable bonds is 7. The molecule has 1 aliphatic rings. The van der Waals surface area contributed by atoms with Crippen molar-refractivity contribution in [1.29, 1.82) is 0 Å². The molecule has 110 valence electrons. The smallest absolute Gasteiger partial charge is 0.306 e. The second kappa shape index (κ2) is 6.89. The lowest BCUT2D eigenvalue weighted by atomic mass is 9.84. The molecule has 1 aliphatic carbocycles. The molecule has 0 aliphatic heterocycles. The van der Waals surface area contributed by atoms with Crippen LogP contribution in [0, 0.1) is 11.3 Å². The van der Waals surface area contributed by atoms with Gasteiger partial charge >= 0.3 is 5.97 Å². The minimum absolute atomic E-state index is 0.0288. The first-order chi connectivity index (χ1) is 8.84. The molecule has 1 rings (SSSR count). The van der Waals surface area contributed by atoms with Crippen LogP contribution >= 0.6 is 0 Å². The van der Waals surface area contributed by atoms with E-state index in [9.17, 15) is 9.59 Å². The summed E-state index contributed by atoms with van der Waals surface area (Å²) < 4.78 is 0. The molecule has 0 spiro atoms. The van der Waals surface area contributed by atoms with Crippen LogP contribution in [0.15, 0.2) is 0 Å². The van der Waals surface area contributed by atoms with Gasteiger partial charge in [0.1, 0.15) is 0 Å². The predicted octanol–water partition coefficient (Wildman–Crippen LogP) is 1.51. The number of carbonyl (C=O) groups excluding carboxylic acids is 1. The van der Waals surface area contributed by atoms with E-state index in [4.69, 9.17) is 10.8 Å². The first-order valence-electron chi connectivity index (χ1n) is 7.06. The average molecular weight is 270 g/mol. The number of carboxylic acids is 1. The van der Waals surface area contributed by atoms with E-state index in [0.29, 0.717) is 25.8 Å². The third-order valence-corrected chi connectivity index (χ3v) is 4.00. The maximum absolute atomic E-state index is 11.8. The number of hydrogen-bond acceptors (Lipinski definition) is 3. The summed E-state index contributed by atoms with van der Waals surface area (Å²) >= 11 is 0. The van der Waals surface area contributed by atoms with Crippen LogP contribution in [0.1, 0.15) is 52.4 Å². The van der Waals surface area contributed by atoms with Gasteiger partial charge in [-0.1, -0.05) is 13.8 Å². The highest BCUT2D eigenvalue weighted by molar-refractivity contribution is 5.76. The Morgan fingerprint density at radius 1 is 1.32 bits per heavy atom. The molecule has 0 aromatic rings. The molecule has 0 aromatic heterocycles. The monoisotopic (exact) mass is 270 g/mol. The topological polar surface area (TPSA) is 92.4 Å². The minimum Gasteiger partial charge on any atom is -0.481 e. The molecule has 5 heteroatoms. The zero-order valence-corrected chi connectivity index (χ0v) is 11.9. The zero-order valence-electron chi connectivity index (χ0n) is 11.9. The van der Waals surface area contributed by atoms with Crippen molar-refractivity contribution in [2.24, 2.45) is 17.1 Å². The highest BCUT2D eigenvalue weighted by Crippen LogP contribution is 2.27. The Kier molecular flexibility index (Phi) is 5.79. The number of nitrogens with two attached hydrogens (primary N) is 1. The van der Waals surface area contributed by atoms with Gasteiger partial charge < -0.3 is 16.2 Å². The van der Waals surface area contributed by atoms with E-state index < -0.39 is 5.97 Å². The van der Waals surface area contributed by atoms with Crippen molar-refractivity contribution in [3.63, 3.8) is 0 Å². The maximum atomic E-state index is 11.8. The van der Waals surface area contributed by atoms with Crippen LogP contribution < -0.4 is 11.1 Å². The summed E-state index contributed by atoms with van der Waals surface area (Å²) in [5.74, 6) is -1.01. The van der Waals surface area contributed by atoms with Crippen LogP contribution in [0.4, 0.5) is 0 Å². The molecule has 0 saturated heterocycles. The van der Waals surface area contributed by atoms with Gasteiger partial charge in [0.25, 0.3) is 0 Å². The summed E-state index contributed by atoms with van der Waals surface area (Å²) in [5.41, 5.74) is 5.63. The molecule has 0 heterocycles. The van der Waals surface area contributed by atoms with Crippen molar-refractivity contribution in [2.75, 3.05) is 6.54 Å². The molecular formula is C14H26N2O3. The Balaban J connectivity index is 2.27. The van der Waals surface area contributed by atoms with E-state index in [2.05, 4.69) is 19.2 Å². The van der Waals surface area contributed by atoms with Crippen molar-refractivity contribution in [1.82, 2.24) is 5.32 Å². The van der Waals surface area contributed by atoms with Crippen LogP contribution in [0.5, 0.6) is 0 Å². The van der Waals surface area contributed by atoms with Gasteiger partial charge in [0.2, 0.25) is 5.91 Å². The van der Waals surface area contributed by atoms with Gasteiger partial charge in [0.15, 0.2) is 0 Å². The standard InChI is InChI=1S/C14H26N2O3/c1-14(2,7-8-15)6-5-12(17)16-11-4-3-10(9-11)13(18)19/h10-11H,3-9,15H2,1-2H3,(H,16,17)(H,18,19)/t10-,11+/m1/s1. The lowest BCUT2D eigenvalue weighted by molar-refractivity contribution is -0.141. The van der Waals surface area contributed by atoms with Crippen LogP contribution in [0.3, 0.4) is 0 Å². The van der Waals surface area contributed by atoms with E-state index in [0.717, 1.165) is 19.3 Å². The number of carboxylic acid groups (broad SMARTS) is 1. The van der Waals surface area contributed by atoms with Gasteiger partial charge in [-0.3, -0.25) is 9.59 Å². The van der Waals surface area contributed by atoms with E-state index in [1.165, 1.54) is 0 Å². The number of nitrogens with one attached hydrogen (secondary N) is 1. The van der Waals surface area contributed by atoms with E-state index in [-0.39, 0.29) is 23.3 Å². The summed E-state index contributed by atoms with van der Waals surface area (Å²) in [7, 11) is 0. The Labute approximate surface area is 114 Å². The fourth-order valence-electron chi connectivity index (χ4n) is 2.60. The normalized spacial score (nSPS) is 23.3. The number of amides is 1. The van der Waals surface area contributed by atoms with Crippen LogP contribution in [0.25, 0.3) is 0 Å². The largest absolute Gasteiger partial charge is 0.481 e. The first kappa shape index (κ1) is 16.0. The highest BCUT2D eigenvalue weighted by Gasteiger charge is 2.30. The van der Waals surface area contributed by atoms with Gasteiger partial charge in [-0.25, -0.2) is 0 Å². The SMILES string of the molecule is CC(C)(CCN)CCC(=O)N[C@H]1CC[C@@H](C(=O)O)C1. The van der Waals surface area contributed by atoms with E-state index in [1.54, 1.807) is 0 Å². The van der Waals surface area contributed by atoms with Crippen molar-refractivity contribution in [3.8, 4) is 0 Å². The molecule has 0 unspecified atom stereocenters. The second-order valence-electron chi connectivity index (χ2n) is 6.32. The number of hydrogen-bond donors (Lipinski definition) is 3. The van der Waals surface area contributed by atoms with E-state index in [1.807, 2.05) is 0 Å². The Hall–Kier alpha value is -1.10. The van der Waals surface area contributed by atoms with Crippen molar-refractivity contribution in [2.45, 2.75) is 58.4 Å². The maximum Gasteiger partial charge on any atom is 0.306 e. The average Bonchev–Trinajstić information content (AvgIpc) is 2.75. The fourth-order valence-corrected chi connectivity index (χ4v) is 2.60. The molecule has 4 N–H and O–H groups in total. The molecule has 1 fully saturated rings. The fraction of sp³-hybridized carbons (Fsp3) is 0.857. The minimum atomic E-state index is -0.749. The van der Waals surface area contributed by atoms with Crippen LogP contribution in [-0.4, -0.2) is 29.6 Å². The van der Waals surface area contributed by atoms with Crippen LogP contribution in [-0.2, 0) is 9.59 Å².